The quantitative estimate of drug-likeness (QED) is 0.828. The highest BCUT2D eigenvalue weighted by atomic mass is 35.5. The number of hydrogen-bond donors (Lipinski definition) is 0. The van der Waals surface area contributed by atoms with Crippen molar-refractivity contribution >= 4 is 11.6 Å². The van der Waals surface area contributed by atoms with Crippen molar-refractivity contribution in [3.63, 3.8) is 0 Å². The van der Waals surface area contributed by atoms with Gasteiger partial charge >= 0.3 is 0 Å². The Morgan fingerprint density at radius 3 is 2.35 bits per heavy atom. The van der Waals surface area contributed by atoms with Crippen molar-refractivity contribution in [2.24, 2.45) is 0 Å². The monoisotopic (exact) mass is 249 g/mol. The van der Waals surface area contributed by atoms with Gasteiger partial charge in [0.25, 0.3) is 0 Å². The fraction of sp³-hybridized carbons (Fsp3) is 0.154. The molecule has 2 aromatic rings. The number of hydrogen-bond acceptors (Lipinski definition) is 3. The fourth-order valence-electron chi connectivity index (χ4n) is 1.35. The lowest BCUT2D eigenvalue weighted by atomic mass is 10.3. The average molecular weight is 250 g/mol. The minimum atomic E-state index is 0.405. The summed E-state index contributed by atoms with van der Waals surface area (Å²) in [6.45, 7) is 1.93. The summed E-state index contributed by atoms with van der Waals surface area (Å²) in [5.74, 6) is 1.85. The van der Waals surface area contributed by atoms with Crippen LogP contribution in [0.25, 0.3) is 0 Å². The molecule has 0 fully saturated rings. The Balaban J connectivity index is 2.19. The number of aromatic nitrogens is 1. The second-order valence-electron chi connectivity index (χ2n) is 3.58. The molecule has 2 rings (SSSR count). The molecule has 0 saturated heterocycles. The maximum Gasteiger partial charge on any atom is 0.238 e. The molecular weight excluding hydrogens is 238 g/mol. The number of rotatable bonds is 3. The van der Waals surface area contributed by atoms with Crippen LogP contribution >= 0.6 is 11.6 Å². The van der Waals surface area contributed by atoms with Gasteiger partial charge in [-0.2, -0.15) is 0 Å². The lowest BCUT2D eigenvalue weighted by Gasteiger charge is -2.07. The van der Waals surface area contributed by atoms with Gasteiger partial charge in [-0.15, -0.1) is 0 Å². The predicted molar refractivity (Wildman–Crippen MR) is 67.1 cm³/mol. The Bertz CT molecular complexity index is 511. The largest absolute Gasteiger partial charge is 0.497 e. The lowest BCUT2D eigenvalue weighted by Crippen LogP contribution is -1.90. The summed E-state index contributed by atoms with van der Waals surface area (Å²) in [7, 11) is 1.62. The zero-order valence-corrected chi connectivity index (χ0v) is 10.4. The van der Waals surface area contributed by atoms with Gasteiger partial charge in [-0.05, 0) is 42.8 Å². The summed E-state index contributed by atoms with van der Waals surface area (Å²) in [5, 5.41) is 0.501. The van der Waals surface area contributed by atoms with Crippen LogP contribution in [0.5, 0.6) is 17.4 Å². The first kappa shape index (κ1) is 11.7. The van der Waals surface area contributed by atoms with E-state index in [1.807, 2.05) is 25.1 Å². The fourth-order valence-corrected chi connectivity index (χ4v) is 1.61. The Labute approximate surface area is 105 Å². The van der Waals surface area contributed by atoms with Crippen molar-refractivity contribution in [3.05, 3.63) is 47.1 Å². The minimum Gasteiger partial charge on any atom is -0.497 e. The number of benzene rings is 1. The van der Waals surface area contributed by atoms with Gasteiger partial charge in [0.05, 0.1) is 7.11 Å². The number of methoxy groups -OCH3 is 1. The Morgan fingerprint density at radius 2 is 1.76 bits per heavy atom. The first-order valence-electron chi connectivity index (χ1n) is 5.13. The van der Waals surface area contributed by atoms with Crippen molar-refractivity contribution in [1.29, 1.82) is 0 Å². The van der Waals surface area contributed by atoms with Gasteiger partial charge in [-0.3, -0.25) is 0 Å². The number of ether oxygens (including phenoxy) is 2. The van der Waals surface area contributed by atoms with Gasteiger partial charge < -0.3 is 9.47 Å². The molecular formula is C13H12ClNO2. The third-order valence-electron chi connectivity index (χ3n) is 2.22. The molecule has 0 aliphatic heterocycles. The van der Waals surface area contributed by atoms with E-state index in [2.05, 4.69) is 4.98 Å². The van der Waals surface area contributed by atoms with E-state index in [0.29, 0.717) is 16.7 Å². The first-order chi connectivity index (χ1) is 8.19. The van der Waals surface area contributed by atoms with Gasteiger partial charge in [-0.25, -0.2) is 4.98 Å². The van der Waals surface area contributed by atoms with Crippen molar-refractivity contribution in [2.45, 2.75) is 6.92 Å². The predicted octanol–water partition coefficient (Wildman–Crippen LogP) is 3.84. The number of pyridine rings is 1. The van der Waals surface area contributed by atoms with E-state index in [1.54, 1.807) is 25.4 Å². The van der Waals surface area contributed by atoms with Crippen molar-refractivity contribution < 1.29 is 9.47 Å². The molecule has 0 aliphatic carbocycles. The molecule has 1 aromatic heterocycles. The molecule has 1 heterocycles. The molecule has 0 spiro atoms. The van der Waals surface area contributed by atoms with E-state index < -0.39 is 0 Å². The van der Waals surface area contributed by atoms with Crippen molar-refractivity contribution in [3.8, 4) is 17.4 Å². The molecule has 0 bridgehead atoms. The molecule has 4 heteroatoms. The lowest BCUT2D eigenvalue weighted by molar-refractivity contribution is 0.412. The zero-order chi connectivity index (χ0) is 12.3. The second kappa shape index (κ2) is 5.06. The van der Waals surface area contributed by atoms with Crippen LogP contribution in [-0.4, -0.2) is 12.1 Å². The summed E-state index contributed by atoms with van der Waals surface area (Å²) in [5.41, 5.74) is 0.997. The van der Waals surface area contributed by atoms with Crippen LogP contribution < -0.4 is 9.47 Å². The van der Waals surface area contributed by atoms with Crippen LogP contribution in [0.15, 0.2) is 36.5 Å². The molecule has 0 radical (unpaired) electrons. The zero-order valence-electron chi connectivity index (χ0n) is 9.61. The molecule has 1 aromatic carbocycles. The van der Waals surface area contributed by atoms with Crippen molar-refractivity contribution in [1.82, 2.24) is 4.98 Å². The van der Waals surface area contributed by atoms with E-state index in [9.17, 15) is 0 Å². The molecule has 0 N–H and O–H groups in total. The Kier molecular flexibility index (Phi) is 3.49. The molecule has 0 aliphatic rings. The van der Waals surface area contributed by atoms with Crippen LogP contribution in [0, 0.1) is 6.92 Å². The Morgan fingerprint density at radius 1 is 1.12 bits per heavy atom. The summed E-state index contributed by atoms with van der Waals surface area (Å²) >= 11 is 6.03. The second-order valence-corrected chi connectivity index (χ2v) is 3.98. The van der Waals surface area contributed by atoms with Crippen LogP contribution in [0.1, 0.15) is 5.56 Å². The van der Waals surface area contributed by atoms with Gasteiger partial charge in [0, 0.05) is 6.20 Å². The summed E-state index contributed by atoms with van der Waals surface area (Å²) in [4.78, 5) is 4.13. The minimum absolute atomic E-state index is 0.405. The molecule has 0 amide bonds. The van der Waals surface area contributed by atoms with Crippen LogP contribution in [0.2, 0.25) is 5.02 Å². The summed E-state index contributed by atoms with van der Waals surface area (Å²) < 4.78 is 10.6. The van der Waals surface area contributed by atoms with Crippen LogP contribution in [0.3, 0.4) is 0 Å². The summed E-state index contributed by atoms with van der Waals surface area (Å²) in [6.07, 6.45) is 1.71. The number of halogens is 1. The average Bonchev–Trinajstić information content (AvgIpc) is 2.34. The molecule has 0 unspecified atom stereocenters. The van der Waals surface area contributed by atoms with E-state index in [-0.39, 0.29) is 0 Å². The standard InChI is InChI=1S/C13H12ClNO2/c1-9-7-12(14)13(15-8-9)17-11-5-3-10(16-2)4-6-11/h3-8H,1-2H3. The highest BCUT2D eigenvalue weighted by molar-refractivity contribution is 6.31. The van der Waals surface area contributed by atoms with Gasteiger partial charge in [0.15, 0.2) is 0 Å². The SMILES string of the molecule is COc1ccc(Oc2ncc(C)cc2Cl)cc1. The first-order valence-corrected chi connectivity index (χ1v) is 5.51. The molecule has 17 heavy (non-hydrogen) atoms. The van der Waals surface area contributed by atoms with Gasteiger partial charge in [0.1, 0.15) is 16.5 Å². The third kappa shape index (κ3) is 2.88. The normalized spacial score (nSPS) is 10.1. The highest BCUT2D eigenvalue weighted by Gasteiger charge is 2.05. The topological polar surface area (TPSA) is 31.4 Å². The molecule has 88 valence electrons. The van der Waals surface area contributed by atoms with Crippen LogP contribution in [-0.2, 0) is 0 Å². The number of aryl methyl sites for hydroxylation is 1. The van der Waals surface area contributed by atoms with Crippen molar-refractivity contribution in [2.75, 3.05) is 7.11 Å². The highest BCUT2D eigenvalue weighted by Crippen LogP contribution is 2.28. The maximum atomic E-state index is 6.03. The van der Waals surface area contributed by atoms with E-state index in [1.165, 1.54) is 0 Å². The number of nitrogens with zero attached hydrogens (tertiary/aromatic N) is 1. The molecule has 0 saturated carbocycles. The van der Waals surface area contributed by atoms with E-state index in [0.717, 1.165) is 11.3 Å². The Hall–Kier alpha value is -1.74. The van der Waals surface area contributed by atoms with Gasteiger partial charge in [-0.1, -0.05) is 11.6 Å². The summed E-state index contributed by atoms with van der Waals surface area (Å²) in [6, 6.07) is 9.05. The smallest absolute Gasteiger partial charge is 0.238 e. The molecule has 0 atom stereocenters. The maximum absolute atomic E-state index is 6.03. The van der Waals surface area contributed by atoms with Crippen LogP contribution in [0.4, 0.5) is 0 Å². The van der Waals surface area contributed by atoms with E-state index >= 15 is 0 Å². The van der Waals surface area contributed by atoms with E-state index in [4.69, 9.17) is 21.1 Å². The molecule has 3 nitrogen and oxygen atoms in total. The third-order valence-corrected chi connectivity index (χ3v) is 2.49. The van der Waals surface area contributed by atoms with Gasteiger partial charge in [0.2, 0.25) is 5.88 Å².